The van der Waals surface area contributed by atoms with Gasteiger partial charge in [0.05, 0.1) is 18.0 Å². The largest absolute Gasteiger partial charge is 0.395 e. The number of nitrogens with zero attached hydrogens (tertiary/aromatic N) is 1. The third-order valence-electron chi connectivity index (χ3n) is 2.31. The molecule has 0 fully saturated rings. The highest BCUT2D eigenvalue weighted by Crippen LogP contribution is 2.22. The van der Waals surface area contributed by atoms with Crippen LogP contribution in [0.5, 0.6) is 0 Å². The molecule has 0 aliphatic rings. The second kappa shape index (κ2) is 4.68. The van der Waals surface area contributed by atoms with Crippen LogP contribution in [0.1, 0.15) is 0 Å². The molecule has 6 heteroatoms. The maximum atomic E-state index is 11.6. The molecule has 17 heavy (non-hydrogen) atoms. The second-order valence-electron chi connectivity index (χ2n) is 3.55. The molecule has 0 saturated carbocycles. The molecular formula is C11H12N2O3S. The summed E-state index contributed by atoms with van der Waals surface area (Å²) in [6.45, 7) is -0.404. The van der Waals surface area contributed by atoms with Gasteiger partial charge in [0, 0.05) is 17.8 Å². The lowest BCUT2D eigenvalue weighted by atomic mass is 10.1. The van der Waals surface area contributed by atoms with E-state index in [4.69, 9.17) is 5.11 Å². The van der Waals surface area contributed by atoms with Crippen molar-refractivity contribution in [3.63, 3.8) is 0 Å². The molecule has 90 valence electrons. The highest BCUT2D eigenvalue weighted by molar-refractivity contribution is 7.92. The number of sulfonamides is 1. The number of pyridine rings is 1. The predicted octanol–water partition coefficient (Wildman–Crippen LogP) is 0.969. The van der Waals surface area contributed by atoms with Gasteiger partial charge in [0.15, 0.2) is 0 Å². The van der Waals surface area contributed by atoms with Crippen molar-refractivity contribution in [3.8, 4) is 0 Å². The van der Waals surface area contributed by atoms with E-state index in [2.05, 4.69) is 9.71 Å². The van der Waals surface area contributed by atoms with E-state index < -0.39 is 16.6 Å². The summed E-state index contributed by atoms with van der Waals surface area (Å²) >= 11 is 0. The topological polar surface area (TPSA) is 79.3 Å². The van der Waals surface area contributed by atoms with Crippen molar-refractivity contribution in [2.45, 2.75) is 0 Å². The lowest BCUT2D eigenvalue weighted by Gasteiger charge is -2.09. The summed E-state index contributed by atoms with van der Waals surface area (Å²) in [5.74, 6) is -0.316. The van der Waals surface area contributed by atoms with E-state index in [9.17, 15) is 8.42 Å². The molecular weight excluding hydrogens is 240 g/mol. The number of hydrogen-bond donors (Lipinski definition) is 2. The molecule has 0 amide bonds. The fourth-order valence-electron chi connectivity index (χ4n) is 1.54. The van der Waals surface area contributed by atoms with Crippen LogP contribution < -0.4 is 4.72 Å². The number of fused-ring (bicyclic) bond motifs is 1. The normalized spacial score (nSPS) is 11.6. The van der Waals surface area contributed by atoms with Crippen LogP contribution in [-0.2, 0) is 10.0 Å². The molecule has 0 bridgehead atoms. The Labute approximate surface area is 99.2 Å². The van der Waals surface area contributed by atoms with Gasteiger partial charge in [0.25, 0.3) is 0 Å². The summed E-state index contributed by atoms with van der Waals surface area (Å²) < 4.78 is 25.5. The minimum atomic E-state index is -3.50. The summed E-state index contributed by atoms with van der Waals surface area (Å²) in [7, 11) is -3.50. The van der Waals surface area contributed by atoms with E-state index in [0.717, 1.165) is 10.8 Å². The molecule has 0 radical (unpaired) electrons. The van der Waals surface area contributed by atoms with Crippen LogP contribution in [0.2, 0.25) is 0 Å². The Balaban J connectivity index is 2.43. The van der Waals surface area contributed by atoms with Crippen LogP contribution in [-0.4, -0.2) is 30.9 Å². The van der Waals surface area contributed by atoms with E-state index >= 15 is 0 Å². The zero-order chi connectivity index (χ0) is 12.3. The van der Waals surface area contributed by atoms with E-state index in [1.807, 2.05) is 6.07 Å². The number of anilines is 1. The monoisotopic (exact) mass is 252 g/mol. The lowest BCUT2D eigenvalue weighted by Crippen LogP contribution is -2.19. The van der Waals surface area contributed by atoms with Crippen molar-refractivity contribution in [2.24, 2.45) is 0 Å². The number of aliphatic hydroxyl groups excluding tert-OH is 1. The first-order valence-corrected chi connectivity index (χ1v) is 6.72. The van der Waals surface area contributed by atoms with E-state index in [0.29, 0.717) is 5.69 Å². The van der Waals surface area contributed by atoms with E-state index in [1.54, 1.807) is 30.6 Å². The van der Waals surface area contributed by atoms with Crippen LogP contribution in [0, 0.1) is 0 Å². The van der Waals surface area contributed by atoms with Gasteiger partial charge < -0.3 is 5.11 Å². The number of aliphatic hydroxyl groups is 1. The molecule has 0 aliphatic heterocycles. The molecule has 2 rings (SSSR count). The lowest BCUT2D eigenvalue weighted by molar-refractivity contribution is 0.320. The maximum Gasteiger partial charge on any atom is 0.235 e. The van der Waals surface area contributed by atoms with Crippen LogP contribution in [0.3, 0.4) is 0 Å². The first-order valence-electron chi connectivity index (χ1n) is 5.06. The van der Waals surface area contributed by atoms with Crippen molar-refractivity contribution in [3.05, 3.63) is 36.7 Å². The first kappa shape index (κ1) is 11.8. The highest BCUT2D eigenvalue weighted by atomic mass is 32.2. The van der Waals surface area contributed by atoms with E-state index in [1.165, 1.54) is 0 Å². The Morgan fingerprint density at radius 2 is 2.12 bits per heavy atom. The van der Waals surface area contributed by atoms with E-state index in [-0.39, 0.29) is 5.75 Å². The van der Waals surface area contributed by atoms with Gasteiger partial charge in [-0.2, -0.15) is 0 Å². The van der Waals surface area contributed by atoms with Gasteiger partial charge in [-0.15, -0.1) is 0 Å². The van der Waals surface area contributed by atoms with Crippen LogP contribution in [0.4, 0.5) is 5.69 Å². The Hall–Kier alpha value is -1.66. The smallest absolute Gasteiger partial charge is 0.235 e. The summed E-state index contributed by atoms with van der Waals surface area (Å²) in [6.07, 6.45) is 3.25. The molecule has 0 spiro atoms. The van der Waals surface area contributed by atoms with Gasteiger partial charge in [-0.1, -0.05) is 12.1 Å². The average Bonchev–Trinajstić information content (AvgIpc) is 2.29. The van der Waals surface area contributed by atoms with Crippen LogP contribution in [0.15, 0.2) is 36.7 Å². The zero-order valence-electron chi connectivity index (χ0n) is 9.00. The van der Waals surface area contributed by atoms with Crippen molar-refractivity contribution in [1.29, 1.82) is 0 Å². The van der Waals surface area contributed by atoms with Gasteiger partial charge in [-0.25, -0.2) is 8.42 Å². The zero-order valence-corrected chi connectivity index (χ0v) is 9.81. The number of hydrogen-bond acceptors (Lipinski definition) is 4. The summed E-state index contributed by atoms with van der Waals surface area (Å²) in [6, 6.07) is 7.11. The quantitative estimate of drug-likeness (QED) is 0.849. The third-order valence-corrected chi connectivity index (χ3v) is 3.56. The van der Waals surface area contributed by atoms with Gasteiger partial charge in [-0.05, 0) is 17.5 Å². The summed E-state index contributed by atoms with van der Waals surface area (Å²) in [4.78, 5) is 3.97. The maximum absolute atomic E-state index is 11.6. The van der Waals surface area contributed by atoms with Gasteiger partial charge in [0.1, 0.15) is 0 Å². The van der Waals surface area contributed by atoms with Crippen LogP contribution >= 0.6 is 0 Å². The second-order valence-corrected chi connectivity index (χ2v) is 5.39. The molecule has 0 atom stereocenters. The van der Waals surface area contributed by atoms with Crippen molar-refractivity contribution in [2.75, 3.05) is 17.1 Å². The van der Waals surface area contributed by atoms with Crippen LogP contribution in [0.25, 0.3) is 10.8 Å². The molecule has 1 aromatic heterocycles. The molecule has 2 aromatic rings. The molecule has 0 aliphatic carbocycles. The number of benzene rings is 1. The standard InChI is InChI=1S/C11H12N2O3S/c14-6-7-17(15,16)13-11-3-1-2-9-4-5-12-8-10(9)11/h1-5,8,13-14H,6-7H2. The van der Waals surface area contributed by atoms with Gasteiger partial charge in [0.2, 0.25) is 10.0 Å². The number of rotatable bonds is 4. The van der Waals surface area contributed by atoms with Crippen molar-refractivity contribution in [1.82, 2.24) is 4.98 Å². The molecule has 2 N–H and O–H groups in total. The van der Waals surface area contributed by atoms with Gasteiger partial charge >= 0.3 is 0 Å². The fraction of sp³-hybridized carbons (Fsp3) is 0.182. The summed E-state index contributed by atoms with van der Waals surface area (Å²) in [5, 5.41) is 10.3. The summed E-state index contributed by atoms with van der Waals surface area (Å²) in [5.41, 5.74) is 0.476. The highest BCUT2D eigenvalue weighted by Gasteiger charge is 2.11. The Morgan fingerprint density at radius 3 is 2.88 bits per heavy atom. The SMILES string of the molecule is O=S(=O)(CCO)Nc1cccc2ccncc12. The molecule has 0 saturated heterocycles. The Morgan fingerprint density at radius 1 is 1.29 bits per heavy atom. The fourth-order valence-corrected chi connectivity index (χ4v) is 2.40. The minimum absolute atomic E-state index is 0.316. The number of nitrogens with one attached hydrogen (secondary N) is 1. The molecule has 0 unspecified atom stereocenters. The third kappa shape index (κ3) is 2.72. The minimum Gasteiger partial charge on any atom is -0.395 e. The molecule has 1 aromatic carbocycles. The van der Waals surface area contributed by atoms with Crippen molar-refractivity contribution < 1.29 is 13.5 Å². The van der Waals surface area contributed by atoms with Gasteiger partial charge in [-0.3, -0.25) is 9.71 Å². The Kier molecular flexibility index (Phi) is 3.26. The predicted molar refractivity (Wildman–Crippen MR) is 66.2 cm³/mol. The first-order chi connectivity index (χ1) is 8.12. The number of aromatic nitrogens is 1. The Bertz CT molecular complexity index is 620. The van der Waals surface area contributed by atoms with Crippen molar-refractivity contribution >= 4 is 26.5 Å². The molecule has 1 heterocycles. The molecule has 5 nitrogen and oxygen atoms in total. The average molecular weight is 252 g/mol.